The van der Waals surface area contributed by atoms with Crippen LogP contribution in [-0.2, 0) is 13.6 Å². The van der Waals surface area contributed by atoms with Crippen molar-refractivity contribution < 1.29 is 9.32 Å². The molecular weight excluding hydrogens is 262 g/mol. The lowest BCUT2D eigenvalue weighted by molar-refractivity contribution is 0.0936. The van der Waals surface area contributed by atoms with E-state index < -0.39 is 5.91 Å². The Hall–Kier alpha value is -2.29. The summed E-state index contributed by atoms with van der Waals surface area (Å²) in [6.07, 6.45) is 3.58. The zero-order valence-electron chi connectivity index (χ0n) is 11.0. The van der Waals surface area contributed by atoms with E-state index in [1.165, 1.54) is 0 Å². The van der Waals surface area contributed by atoms with Gasteiger partial charge in [-0.05, 0) is 19.4 Å². The Morgan fingerprint density at radius 3 is 3.25 bits per heavy atom. The van der Waals surface area contributed by atoms with Gasteiger partial charge in [-0.2, -0.15) is 10.1 Å². The molecule has 0 aliphatic carbocycles. The van der Waals surface area contributed by atoms with Crippen LogP contribution in [0, 0.1) is 0 Å². The number of nitrogens with one attached hydrogen (secondary N) is 2. The lowest BCUT2D eigenvalue weighted by Crippen LogP contribution is -2.24. The smallest absolute Gasteiger partial charge is 0.293 e. The summed E-state index contributed by atoms with van der Waals surface area (Å²) in [6.45, 7) is 1.16. The summed E-state index contributed by atoms with van der Waals surface area (Å²) < 4.78 is 6.68. The molecule has 2 aromatic rings. The Morgan fingerprint density at radius 1 is 1.65 bits per heavy atom. The third kappa shape index (κ3) is 2.67. The molecule has 0 saturated carbocycles. The summed E-state index contributed by atoms with van der Waals surface area (Å²) in [7, 11) is 1.76. The van der Waals surface area contributed by atoms with Crippen molar-refractivity contribution in [1.29, 1.82) is 0 Å². The van der Waals surface area contributed by atoms with Crippen LogP contribution in [0.5, 0.6) is 0 Å². The molecule has 0 aromatic carbocycles. The number of rotatable bonds is 4. The number of carbonyl (C=O) groups excluding carboxylic acids is 1. The lowest BCUT2D eigenvalue weighted by atomic mass is 10.2. The van der Waals surface area contributed by atoms with E-state index in [2.05, 4.69) is 30.9 Å². The van der Waals surface area contributed by atoms with Gasteiger partial charge in [-0.3, -0.25) is 9.48 Å². The standard InChI is InChI=1S/C11H15N7O2/c1-18-6-14-8(16-18)5-13-10(19)9-15-11(20-17-9)7-3-2-4-12-7/h6-7,12H,2-5H2,1H3,(H,13,19). The molecule has 3 rings (SSSR count). The highest BCUT2D eigenvalue weighted by Crippen LogP contribution is 2.20. The van der Waals surface area contributed by atoms with Gasteiger partial charge in [-0.15, -0.1) is 0 Å². The van der Waals surface area contributed by atoms with Gasteiger partial charge in [0.05, 0.1) is 12.6 Å². The first-order valence-corrected chi connectivity index (χ1v) is 6.42. The van der Waals surface area contributed by atoms with Crippen molar-refractivity contribution in [3.8, 4) is 0 Å². The van der Waals surface area contributed by atoms with Crippen LogP contribution in [0.1, 0.15) is 41.2 Å². The average Bonchev–Trinajstić information content (AvgIpc) is 3.16. The van der Waals surface area contributed by atoms with Gasteiger partial charge in [0.15, 0.2) is 5.82 Å². The van der Waals surface area contributed by atoms with Crippen LogP contribution < -0.4 is 10.6 Å². The normalized spacial score (nSPS) is 18.4. The summed E-state index contributed by atoms with van der Waals surface area (Å²) in [5, 5.41) is 13.6. The lowest BCUT2D eigenvalue weighted by Gasteiger charge is -2.01. The molecule has 2 N–H and O–H groups in total. The second-order valence-electron chi connectivity index (χ2n) is 4.62. The fourth-order valence-electron chi connectivity index (χ4n) is 2.07. The number of hydrogen-bond donors (Lipinski definition) is 2. The minimum Gasteiger partial charge on any atom is -0.342 e. The van der Waals surface area contributed by atoms with Crippen molar-refractivity contribution in [2.45, 2.75) is 25.4 Å². The van der Waals surface area contributed by atoms with E-state index in [4.69, 9.17) is 4.52 Å². The average molecular weight is 277 g/mol. The van der Waals surface area contributed by atoms with Gasteiger partial charge in [0.25, 0.3) is 11.7 Å². The maximum Gasteiger partial charge on any atom is 0.293 e. The van der Waals surface area contributed by atoms with Crippen molar-refractivity contribution in [3.05, 3.63) is 23.9 Å². The molecule has 1 unspecified atom stereocenters. The maximum absolute atomic E-state index is 11.9. The molecule has 3 heterocycles. The molecule has 9 heteroatoms. The second kappa shape index (κ2) is 5.37. The Bertz CT molecular complexity index is 599. The third-order valence-electron chi connectivity index (χ3n) is 3.06. The van der Waals surface area contributed by atoms with Crippen molar-refractivity contribution in [3.63, 3.8) is 0 Å². The molecule has 1 fully saturated rings. The van der Waals surface area contributed by atoms with Gasteiger partial charge in [-0.25, -0.2) is 4.98 Å². The first-order valence-electron chi connectivity index (χ1n) is 6.42. The predicted molar refractivity (Wildman–Crippen MR) is 66.4 cm³/mol. The third-order valence-corrected chi connectivity index (χ3v) is 3.06. The largest absolute Gasteiger partial charge is 0.342 e. The Balaban J connectivity index is 1.59. The molecule has 1 amide bonds. The summed E-state index contributed by atoms with van der Waals surface area (Å²) in [5.41, 5.74) is 0. The van der Waals surface area contributed by atoms with Crippen LogP contribution in [0.2, 0.25) is 0 Å². The molecule has 0 spiro atoms. The van der Waals surface area contributed by atoms with Crippen molar-refractivity contribution in [1.82, 2.24) is 35.5 Å². The molecule has 1 aliphatic heterocycles. The van der Waals surface area contributed by atoms with Crippen LogP contribution >= 0.6 is 0 Å². The fraction of sp³-hybridized carbons (Fsp3) is 0.545. The van der Waals surface area contributed by atoms with Gasteiger partial charge in [0.1, 0.15) is 6.33 Å². The first-order chi connectivity index (χ1) is 9.72. The second-order valence-corrected chi connectivity index (χ2v) is 4.62. The van der Waals surface area contributed by atoms with Crippen LogP contribution in [0.3, 0.4) is 0 Å². The fourth-order valence-corrected chi connectivity index (χ4v) is 2.07. The molecule has 1 saturated heterocycles. The molecule has 106 valence electrons. The molecule has 0 radical (unpaired) electrons. The molecule has 1 aliphatic rings. The van der Waals surface area contributed by atoms with Crippen molar-refractivity contribution >= 4 is 5.91 Å². The Labute approximate surface area is 114 Å². The van der Waals surface area contributed by atoms with E-state index in [-0.39, 0.29) is 18.4 Å². The molecule has 2 aromatic heterocycles. The molecule has 20 heavy (non-hydrogen) atoms. The van der Waals surface area contributed by atoms with Gasteiger partial charge >= 0.3 is 0 Å². The Morgan fingerprint density at radius 2 is 2.55 bits per heavy atom. The van der Waals surface area contributed by atoms with Crippen molar-refractivity contribution in [2.75, 3.05) is 6.54 Å². The SMILES string of the molecule is Cn1cnc(CNC(=O)c2noc(C3CCCN3)n2)n1. The van der Waals surface area contributed by atoms with Gasteiger partial charge in [0, 0.05) is 7.05 Å². The van der Waals surface area contributed by atoms with Crippen LogP contribution in [0.25, 0.3) is 0 Å². The van der Waals surface area contributed by atoms with Gasteiger partial charge in [-0.1, -0.05) is 5.16 Å². The number of hydrogen-bond acceptors (Lipinski definition) is 7. The highest BCUT2D eigenvalue weighted by Gasteiger charge is 2.24. The molecule has 9 nitrogen and oxygen atoms in total. The molecule has 1 atom stereocenters. The topological polar surface area (TPSA) is 111 Å². The number of amides is 1. The number of carbonyl (C=O) groups is 1. The minimum absolute atomic E-state index is 0.0321. The van der Waals surface area contributed by atoms with E-state index in [9.17, 15) is 4.79 Å². The maximum atomic E-state index is 11.9. The van der Waals surface area contributed by atoms with Crippen LogP contribution in [0.4, 0.5) is 0 Å². The summed E-state index contributed by atoms with van der Waals surface area (Å²) in [6, 6.07) is 0.0570. The number of nitrogens with zero attached hydrogens (tertiary/aromatic N) is 5. The van der Waals surface area contributed by atoms with E-state index >= 15 is 0 Å². The minimum atomic E-state index is -0.398. The highest BCUT2D eigenvalue weighted by molar-refractivity contribution is 5.90. The number of aryl methyl sites for hydroxylation is 1. The summed E-state index contributed by atoms with van der Waals surface area (Å²) >= 11 is 0. The van der Waals surface area contributed by atoms with E-state index in [1.54, 1.807) is 18.1 Å². The molecule has 0 bridgehead atoms. The van der Waals surface area contributed by atoms with E-state index in [0.717, 1.165) is 19.4 Å². The number of aromatic nitrogens is 5. The predicted octanol–water partition coefficient (Wildman–Crippen LogP) is -0.447. The van der Waals surface area contributed by atoms with Gasteiger partial charge < -0.3 is 15.2 Å². The highest BCUT2D eigenvalue weighted by atomic mass is 16.5. The van der Waals surface area contributed by atoms with E-state index in [1.807, 2.05) is 0 Å². The monoisotopic (exact) mass is 277 g/mol. The van der Waals surface area contributed by atoms with Crippen molar-refractivity contribution in [2.24, 2.45) is 7.05 Å². The van der Waals surface area contributed by atoms with Crippen LogP contribution in [-0.4, -0.2) is 37.4 Å². The first kappa shape index (κ1) is 12.7. The van der Waals surface area contributed by atoms with E-state index in [0.29, 0.717) is 11.7 Å². The van der Waals surface area contributed by atoms with Gasteiger partial charge in [0.2, 0.25) is 5.89 Å². The Kier molecular flexibility index (Phi) is 3.42. The summed E-state index contributed by atoms with van der Waals surface area (Å²) in [4.78, 5) is 20.0. The molecular formula is C11H15N7O2. The zero-order chi connectivity index (χ0) is 13.9. The quantitative estimate of drug-likeness (QED) is 0.778. The van der Waals surface area contributed by atoms with Crippen LogP contribution in [0.15, 0.2) is 10.9 Å². The summed E-state index contributed by atoms with van der Waals surface area (Å²) in [5.74, 6) is 0.626. The zero-order valence-corrected chi connectivity index (χ0v) is 11.0.